The number of hydrogen-bond acceptors (Lipinski definition) is 7. The molecule has 10 nitrogen and oxygen atoms in total. The smallest absolute Gasteiger partial charge is 0.414 e. The van der Waals surface area contributed by atoms with Crippen molar-refractivity contribution in [3.8, 4) is 5.75 Å². The number of pyridine rings is 1. The van der Waals surface area contributed by atoms with Gasteiger partial charge in [0.1, 0.15) is 5.75 Å². The van der Waals surface area contributed by atoms with Crippen LogP contribution in [0, 0.1) is 0 Å². The largest absolute Gasteiger partial charge is 0.495 e. The fraction of sp³-hybridized carbons (Fsp3) is 0.360. The first-order valence-electron chi connectivity index (χ1n) is 11.3. The first-order chi connectivity index (χ1) is 16.9. The molecule has 0 bridgehead atoms. The minimum atomic E-state index is -1.82. The molecule has 1 aliphatic rings. The van der Waals surface area contributed by atoms with Gasteiger partial charge in [-0.2, -0.15) is 0 Å². The highest BCUT2D eigenvalue weighted by molar-refractivity contribution is 6.27. The Morgan fingerprint density at radius 1 is 1.03 bits per heavy atom. The van der Waals surface area contributed by atoms with Gasteiger partial charge in [-0.1, -0.05) is 18.2 Å². The Balaban J connectivity index is 0.000000641. The van der Waals surface area contributed by atoms with Gasteiger partial charge >= 0.3 is 11.9 Å². The van der Waals surface area contributed by atoms with Crippen LogP contribution >= 0.6 is 0 Å². The molecular weight excluding hydrogens is 452 g/mol. The maximum absolute atomic E-state index is 11.9. The van der Waals surface area contributed by atoms with E-state index in [4.69, 9.17) is 24.5 Å². The van der Waals surface area contributed by atoms with Crippen LogP contribution in [0.25, 0.3) is 6.08 Å². The Bertz CT molecular complexity index is 963. The van der Waals surface area contributed by atoms with E-state index in [2.05, 4.69) is 32.2 Å². The van der Waals surface area contributed by atoms with E-state index in [-0.39, 0.29) is 5.91 Å². The Morgan fingerprint density at radius 3 is 2.37 bits per heavy atom. The predicted octanol–water partition coefficient (Wildman–Crippen LogP) is 1.98. The molecule has 1 aromatic carbocycles. The van der Waals surface area contributed by atoms with Crippen LogP contribution in [0.3, 0.4) is 0 Å². The zero-order valence-electron chi connectivity index (χ0n) is 19.8. The molecule has 0 spiro atoms. The molecule has 0 aliphatic carbocycles. The quantitative estimate of drug-likeness (QED) is 0.278. The number of hydrogen-bond donors (Lipinski definition) is 3. The van der Waals surface area contributed by atoms with Crippen LogP contribution < -0.4 is 15.0 Å². The third-order valence-electron chi connectivity index (χ3n) is 5.29. The van der Waals surface area contributed by atoms with Crippen molar-refractivity contribution in [2.75, 3.05) is 51.3 Å². The summed E-state index contributed by atoms with van der Waals surface area (Å²) in [5.41, 5.74) is 2.10. The SMILES string of the molecule is COc1ccccc1N1CCN(CCCCNC(=O)/C=C/c2cccnc2)CC1.O=C(O)C(=O)O. The summed E-state index contributed by atoms with van der Waals surface area (Å²) < 4.78 is 5.48. The normalized spacial score (nSPS) is 13.6. The summed E-state index contributed by atoms with van der Waals surface area (Å²) in [6, 6.07) is 12.0. The maximum Gasteiger partial charge on any atom is 0.414 e. The summed E-state index contributed by atoms with van der Waals surface area (Å²) in [7, 11) is 1.72. The van der Waals surface area contributed by atoms with Crippen LogP contribution in [0.2, 0.25) is 0 Å². The second-order valence-corrected chi connectivity index (χ2v) is 7.73. The van der Waals surface area contributed by atoms with Gasteiger partial charge in [0.25, 0.3) is 0 Å². The topological polar surface area (TPSA) is 132 Å². The molecule has 3 N–H and O–H groups in total. The summed E-state index contributed by atoms with van der Waals surface area (Å²) in [4.78, 5) is 39.0. The van der Waals surface area contributed by atoms with E-state index < -0.39 is 11.9 Å². The lowest BCUT2D eigenvalue weighted by Crippen LogP contribution is -2.46. The summed E-state index contributed by atoms with van der Waals surface area (Å²) in [6.07, 6.45) is 8.87. The van der Waals surface area contributed by atoms with E-state index >= 15 is 0 Å². The Hall–Kier alpha value is -3.92. The number of methoxy groups -OCH3 is 1. The van der Waals surface area contributed by atoms with Crippen LogP contribution in [-0.4, -0.2) is 84.3 Å². The minimum Gasteiger partial charge on any atom is -0.495 e. The molecule has 1 amide bonds. The number of carbonyl (C=O) groups excluding carboxylic acids is 1. The van der Waals surface area contributed by atoms with Crippen LogP contribution in [0.4, 0.5) is 5.69 Å². The van der Waals surface area contributed by atoms with Crippen molar-refractivity contribution < 1.29 is 29.3 Å². The molecule has 1 fully saturated rings. The lowest BCUT2D eigenvalue weighted by atomic mass is 10.2. The summed E-state index contributed by atoms with van der Waals surface area (Å²) >= 11 is 0. The molecule has 1 aliphatic heterocycles. The average molecular weight is 485 g/mol. The molecule has 0 saturated carbocycles. The van der Waals surface area contributed by atoms with Gasteiger partial charge in [0.05, 0.1) is 12.8 Å². The van der Waals surface area contributed by atoms with Crippen molar-refractivity contribution in [1.29, 1.82) is 0 Å². The van der Waals surface area contributed by atoms with Crippen LogP contribution in [0.1, 0.15) is 18.4 Å². The Kier molecular flexibility index (Phi) is 11.8. The number of ether oxygens (including phenoxy) is 1. The monoisotopic (exact) mass is 484 g/mol. The summed E-state index contributed by atoms with van der Waals surface area (Å²) in [6.45, 7) is 5.90. The second-order valence-electron chi connectivity index (χ2n) is 7.73. The van der Waals surface area contributed by atoms with Gasteiger partial charge < -0.3 is 25.2 Å². The number of para-hydroxylation sites is 2. The molecule has 1 saturated heterocycles. The number of unbranched alkanes of at least 4 members (excludes halogenated alkanes) is 1. The molecule has 35 heavy (non-hydrogen) atoms. The number of rotatable bonds is 9. The van der Waals surface area contributed by atoms with Gasteiger partial charge in [-0.3, -0.25) is 14.7 Å². The van der Waals surface area contributed by atoms with Gasteiger partial charge in [-0.25, -0.2) is 9.59 Å². The van der Waals surface area contributed by atoms with Crippen molar-refractivity contribution in [1.82, 2.24) is 15.2 Å². The van der Waals surface area contributed by atoms with E-state index in [1.807, 2.05) is 24.3 Å². The van der Waals surface area contributed by atoms with Crippen molar-refractivity contribution in [2.45, 2.75) is 12.8 Å². The molecule has 0 radical (unpaired) electrons. The number of nitrogens with zero attached hydrogens (tertiary/aromatic N) is 3. The Labute approximate surface area is 204 Å². The first kappa shape index (κ1) is 27.3. The second kappa shape index (κ2) is 15.1. The van der Waals surface area contributed by atoms with E-state index in [1.54, 1.807) is 31.7 Å². The molecule has 0 atom stereocenters. The fourth-order valence-corrected chi connectivity index (χ4v) is 3.48. The highest BCUT2D eigenvalue weighted by atomic mass is 16.5. The maximum atomic E-state index is 11.9. The zero-order valence-corrected chi connectivity index (χ0v) is 19.8. The van der Waals surface area contributed by atoms with Gasteiger partial charge in [0.15, 0.2) is 0 Å². The predicted molar refractivity (Wildman–Crippen MR) is 132 cm³/mol. The molecule has 2 aromatic rings. The Morgan fingerprint density at radius 2 is 1.74 bits per heavy atom. The number of aliphatic carboxylic acids is 2. The van der Waals surface area contributed by atoms with Gasteiger partial charge in [-0.05, 0) is 49.2 Å². The number of anilines is 1. The van der Waals surface area contributed by atoms with Crippen molar-refractivity contribution >= 4 is 29.6 Å². The molecule has 3 rings (SSSR count). The molecule has 1 aromatic heterocycles. The van der Waals surface area contributed by atoms with Crippen molar-refractivity contribution in [3.05, 3.63) is 60.4 Å². The summed E-state index contributed by atoms with van der Waals surface area (Å²) in [5.74, 6) is -2.77. The number of nitrogens with one attached hydrogen (secondary N) is 1. The van der Waals surface area contributed by atoms with Crippen LogP contribution in [0.15, 0.2) is 54.9 Å². The number of carboxylic acids is 2. The number of carboxylic acid groups (broad SMARTS) is 2. The standard InChI is InChI=1S/C23H30N4O2.C2H2O4/c1-29-22-9-3-2-8-21(22)27-17-15-26(16-18-27)14-5-4-13-25-23(28)11-10-20-7-6-12-24-19-20;3-1(4)2(5)6/h2-3,6-12,19H,4-5,13-18H2,1H3,(H,25,28);(H,3,4)(H,5,6)/b11-10+;. The molecule has 188 valence electrons. The number of carbonyl (C=O) groups is 3. The van der Waals surface area contributed by atoms with E-state index in [9.17, 15) is 4.79 Å². The van der Waals surface area contributed by atoms with E-state index in [0.717, 1.165) is 56.9 Å². The molecular formula is C25H32N4O6. The number of amides is 1. The highest BCUT2D eigenvalue weighted by Gasteiger charge is 2.18. The highest BCUT2D eigenvalue weighted by Crippen LogP contribution is 2.28. The van der Waals surface area contributed by atoms with Crippen LogP contribution in [0.5, 0.6) is 5.75 Å². The minimum absolute atomic E-state index is 0.0562. The summed E-state index contributed by atoms with van der Waals surface area (Å²) in [5, 5.41) is 17.7. The van der Waals surface area contributed by atoms with Crippen molar-refractivity contribution in [2.24, 2.45) is 0 Å². The van der Waals surface area contributed by atoms with Gasteiger partial charge in [0, 0.05) is 51.2 Å². The molecule has 2 heterocycles. The first-order valence-corrected chi connectivity index (χ1v) is 11.3. The third-order valence-corrected chi connectivity index (χ3v) is 5.29. The van der Waals surface area contributed by atoms with E-state index in [1.165, 1.54) is 5.69 Å². The van der Waals surface area contributed by atoms with Gasteiger partial charge in [0.2, 0.25) is 5.91 Å². The average Bonchev–Trinajstić information content (AvgIpc) is 2.88. The molecule has 10 heteroatoms. The number of benzene rings is 1. The molecule has 0 unspecified atom stereocenters. The van der Waals surface area contributed by atoms with E-state index in [0.29, 0.717) is 6.54 Å². The zero-order chi connectivity index (χ0) is 25.5. The fourth-order valence-electron chi connectivity index (χ4n) is 3.48. The lowest BCUT2D eigenvalue weighted by Gasteiger charge is -2.36. The van der Waals surface area contributed by atoms with Gasteiger partial charge in [-0.15, -0.1) is 0 Å². The van der Waals surface area contributed by atoms with Crippen LogP contribution in [-0.2, 0) is 14.4 Å². The lowest BCUT2D eigenvalue weighted by molar-refractivity contribution is -0.159. The number of aromatic nitrogens is 1. The van der Waals surface area contributed by atoms with Crippen molar-refractivity contribution in [3.63, 3.8) is 0 Å². The number of piperazine rings is 1. The third kappa shape index (κ3) is 10.3.